The maximum Gasteiger partial charge on any atom is 0.135 e. The predicted octanol–water partition coefficient (Wildman–Crippen LogP) is 3.06. The molecule has 0 spiro atoms. The third kappa shape index (κ3) is 2.49. The Morgan fingerprint density at radius 3 is 3.00 bits per heavy atom. The first-order valence-corrected chi connectivity index (χ1v) is 6.55. The van der Waals surface area contributed by atoms with Crippen LogP contribution in [0.4, 0.5) is 0 Å². The van der Waals surface area contributed by atoms with Crippen LogP contribution in [0.25, 0.3) is 0 Å². The quantitative estimate of drug-likeness (QED) is 0.932. The molecule has 94 valence electrons. The van der Waals surface area contributed by atoms with Crippen LogP contribution in [-0.4, -0.2) is 24.4 Å². The molecule has 1 aromatic rings. The second-order valence-corrected chi connectivity index (χ2v) is 5.39. The monoisotopic (exact) mass is 300 g/mol. The average Bonchev–Trinajstić information content (AvgIpc) is 2.28. The van der Waals surface area contributed by atoms with Crippen LogP contribution in [0.3, 0.4) is 0 Å². The van der Waals surface area contributed by atoms with Gasteiger partial charge in [0.15, 0.2) is 0 Å². The summed E-state index contributed by atoms with van der Waals surface area (Å²) in [5, 5.41) is 10.2. The molecule has 0 aliphatic carbocycles. The number of rotatable bonds is 3. The van der Waals surface area contributed by atoms with Gasteiger partial charge >= 0.3 is 0 Å². The van der Waals surface area contributed by atoms with Crippen molar-refractivity contribution in [3.05, 3.63) is 28.2 Å². The van der Waals surface area contributed by atoms with Gasteiger partial charge in [0.2, 0.25) is 0 Å². The molecular formula is C13H17BrO3. The molecule has 1 aromatic carbocycles. The van der Waals surface area contributed by atoms with Crippen molar-refractivity contribution in [2.24, 2.45) is 0 Å². The van der Waals surface area contributed by atoms with Gasteiger partial charge in [-0.15, -0.1) is 0 Å². The van der Waals surface area contributed by atoms with Crippen LogP contribution in [0.15, 0.2) is 22.7 Å². The van der Waals surface area contributed by atoms with Gasteiger partial charge in [0.1, 0.15) is 11.4 Å². The van der Waals surface area contributed by atoms with E-state index in [1.54, 1.807) is 7.11 Å². The molecule has 1 heterocycles. The number of benzene rings is 1. The molecule has 4 heteroatoms. The Morgan fingerprint density at radius 2 is 2.35 bits per heavy atom. The number of halogens is 1. The van der Waals surface area contributed by atoms with Crippen molar-refractivity contribution in [2.45, 2.75) is 31.5 Å². The van der Waals surface area contributed by atoms with Gasteiger partial charge in [-0.2, -0.15) is 0 Å². The minimum atomic E-state index is -0.484. The van der Waals surface area contributed by atoms with Crippen LogP contribution in [0, 0.1) is 0 Å². The molecule has 0 aromatic heterocycles. The molecule has 1 unspecified atom stereocenters. The Hall–Kier alpha value is -0.580. The normalized spacial score (nSPS) is 27.4. The second-order valence-electron chi connectivity index (χ2n) is 4.47. The lowest BCUT2D eigenvalue weighted by Crippen LogP contribution is -2.44. The molecule has 0 bridgehead atoms. The fourth-order valence-corrected chi connectivity index (χ4v) is 2.62. The van der Waals surface area contributed by atoms with Crippen LogP contribution >= 0.6 is 15.9 Å². The molecule has 1 N–H and O–H groups in total. The largest absolute Gasteiger partial charge is 0.484 e. The predicted molar refractivity (Wildman–Crippen MR) is 69.2 cm³/mol. The first-order chi connectivity index (χ1) is 8.10. The summed E-state index contributed by atoms with van der Waals surface area (Å²) in [6, 6.07) is 5.72. The Bertz CT molecular complexity index is 408. The molecule has 2 rings (SSSR count). The van der Waals surface area contributed by atoms with Gasteiger partial charge in [-0.25, -0.2) is 0 Å². The van der Waals surface area contributed by atoms with Crippen LogP contribution in [-0.2, 0) is 4.74 Å². The number of hydrogen-bond donors (Lipinski definition) is 1. The summed E-state index contributed by atoms with van der Waals surface area (Å²) >= 11 is 3.42. The summed E-state index contributed by atoms with van der Waals surface area (Å²) in [5.41, 5.74) is 0.440. The number of hydrogen-bond acceptors (Lipinski definition) is 3. The van der Waals surface area contributed by atoms with Gasteiger partial charge < -0.3 is 14.6 Å². The zero-order chi connectivity index (χ0) is 12.5. The maximum atomic E-state index is 10.2. The molecule has 1 aliphatic rings. The van der Waals surface area contributed by atoms with Gasteiger partial charge in [0, 0.05) is 23.6 Å². The van der Waals surface area contributed by atoms with Gasteiger partial charge in [-0.3, -0.25) is 0 Å². The Morgan fingerprint density at radius 1 is 1.59 bits per heavy atom. The number of fused-ring (bicyclic) bond motifs is 1. The second kappa shape index (κ2) is 4.96. The lowest BCUT2D eigenvalue weighted by molar-refractivity contribution is -0.0626. The Balaban J connectivity index is 2.36. The van der Waals surface area contributed by atoms with Crippen LogP contribution in [0.1, 0.15) is 31.4 Å². The lowest BCUT2D eigenvalue weighted by Gasteiger charge is -2.39. The molecule has 17 heavy (non-hydrogen) atoms. The van der Waals surface area contributed by atoms with Crippen LogP contribution < -0.4 is 4.74 Å². The standard InChI is InChI=1S/C13H17BrO3/c1-3-13(8-16-2)7-11(15)10-5-4-9(14)6-12(10)17-13/h4-6,11,15H,3,7-8H2,1-2H3/t11-,13?/m0/s1. The molecule has 0 fully saturated rings. The average molecular weight is 301 g/mol. The fraction of sp³-hybridized carbons (Fsp3) is 0.538. The van der Waals surface area contributed by atoms with E-state index in [0.29, 0.717) is 13.0 Å². The number of ether oxygens (including phenoxy) is 2. The Labute approximate surface area is 110 Å². The first kappa shape index (κ1) is 12.9. The summed E-state index contributed by atoms with van der Waals surface area (Å²) in [7, 11) is 1.66. The van der Waals surface area contributed by atoms with E-state index in [-0.39, 0.29) is 0 Å². The van der Waals surface area contributed by atoms with E-state index < -0.39 is 11.7 Å². The molecule has 0 saturated heterocycles. The van der Waals surface area contributed by atoms with Crippen molar-refractivity contribution in [3.8, 4) is 5.75 Å². The maximum absolute atomic E-state index is 10.2. The number of aliphatic hydroxyl groups excluding tert-OH is 1. The molecule has 0 radical (unpaired) electrons. The zero-order valence-electron chi connectivity index (χ0n) is 10.1. The summed E-state index contributed by atoms with van der Waals surface area (Å²) in [6.45, 7) is 2.54. The number of methoxy groups -OCH3 is 1. The van der Waals surface area contributed by atoms with Crippen molar-refractivity contribution in [3.63, 3.8) is 0 Å². The summed E-state index contributed by atoms with van der Waals surface area (Å²) < 4.78 is 12.2. The fourth-order valence-electron chi connectivity index (χ4n) is 2.28. The van der Waals surface area contributed by atoms with E-state index in [2.05, 4.69) is 22.9 Å². The zero-order valence-corrected chi connectivity index (χ0v) is 11.7. The van der Waals surface area contributed by atoms with Crippen LogP contribution in [0.2, 0.25) is 0 Å². The van der Waals surface area contributed by atoms with Crippen molar-refractivity contribution in [1.29, 1.82) is 0 Å². The van der Waals surface area contributed by atoms with Gasteiger partial charge in [-0.05, 0) is 18.6 Å². The number of aliphatic hydroxyl groups is 1. The highest BCUT2D eigenvalue weighted by Crippen LogP contribution is 2.42. The minimum absolute atomic E-state index is 0.415. The third-order valence-corrected chi connectivity index (χ3v) is 3.77. The third-order valence-electron chi connectivity index (χ3n) is 3.28. The smallest absolute Gasteiger partial charge is 0.135 e. The molecule has 2 atom stereocenters. The van der Waals surface area contributed by atoms with Gasteiger partial charge in [0.25, 0.3) is 0 Å². The van der Waals surface area contributed by atoms with E-state index in [1.165, 1.54) is 0 Å². The molecule has 3 nitrogen and oxygen atoms in total. The van der Waals surface area contributed by atoms with E-state index in [0.717, 1.165) is 22.2 Å². The molecule has 1 aliphatic heterocycles. The first-order valence-electron chi connectivity index (χ1n) is 5.76. The minimum Gasteiger partial charge on any atom is -0.484 e. The summed E-state index contributed by atoms with van der Waals surface area (Å²) in [6.07, 6.45) is 0.900. The molecule has 0 amide bonds. The lowest BCUT2D eigenvalue weighted by atomic mass is 9.87. The molecular weight excluding hydrogens is 284 g/mol. The summed E-state index contributed by atoms with van der Waals surface area (Å²) in [5.74, 6) is 0.747. The molecule has 0 saturated carbocycles. The SMILES string of the molecule is CCC1(COC)C[C@H](O)c2ccc(Br)cc2O1. The van der Waals surface area contributed by atoms with E-state index in [1.807, 2.05) is 18.2 Å². The highest BCUT2D eigenvalue weighted by atomic mass is 79.9. The van der Waals surface area contributed by atoms with E-state index >= 15 is 0 Å². The van der Waals surface area contributed by atoms with E-state index in [9.17, 15) is 5.11 Å². The summed E-state index contributed by atoms with van der Waals surface area (Å²) in [4.78, 5) is 0. The highest BCUT2D eigenvalue weighted by Gasteiger charge is 2.39. The highest BCUT2D eigenvalue weighted by molar-refractivity contribution is 9.10. The van der Waals surface area contributed by atoms with Gasteiger partial charge in [0.05, 0.1) is 12.7 Å². The van der Waals surface area contributed by atoms with E-state index in [4.69, 9.17) is 9.47 Å². The van der Waals surface area contributed by atoms with Crippen molar-refractivity contribution < 1.29 is 14.6 Å². The van der Waals surface area contributed by atoms with Crippen molar-refractivity contribution >= 4 is 15.9 Å². The van der Waals surface area contributed by atoms with Crippen molar-refractivity contribution in [1.82, 2.24) is 0 Å². The van der Waals surface area contributed by atoms with Gasteiger partial charge in [-0.1, -0.05) is 28.9 Å². The Kier molecular flexibility index (Phi) is 3.76. The van der Waals surface area contributed by atoms with Crippen LogP contribution in [0.5, 0.6) is 5.75 Å². The topological polar surface area (TPSA) is 38.7 Å². The van der Waals surface area contributed by atoms with Crippen molar-refractivity contribution in [2.75, 3.05) is 13.7 Å².